The normalized spacial score (nSPS) is 16.6. The van der Waals surface area contributed by atoms with Crippen LogP contribution in [0.25, 0.3) is 10.9 Å². The van der Waals surface area contributed by atoms with E-state index in [1.807, 2.05) is 24.8 Å². The van der Waals surface area contributed by atoms with Gasteiger partial charge in [-0.25, -0.2) is 9.89 Å². The molecule has 0 aliphatic carbocycles. The van der Waals surface area contributed by atoms with Gasteiger partial charge in [0.1, 0.15) is 6.04 Å². The van der Waals surface area contributed by atoms with Crippen LogP contribution in [0, 0.1) is 12.3 Å². The van der Waals surface area contributed by atoms with Crippen LogP contribution in [0.1, 0.15) is 68.8 Å². The smallest absolute Gasteiger partial charge is 0.317 e. The van der Waals surface area contributed by atoms with Gasteiger partial charge in [0.05, 0.1) is 22.4 Å². The highest BCUT2D eigenvalue weighted by atomic mass is 35.5. The van der Waals surface area contributed by atoms with E-state index in [0.717, 1.165) is 34.1 Å². The number of fused-ring (bicyclic) bond motifs is 3. The largest absolute Gasteiger partial charge is 0.336 e. The zero-order chi connectivity index (χ0) is 28.5. The van der Waals surface area contributed by atoms with Crippen molar-refractivity contribution in [1.29, 1.82) is 0 Å². The van der Waals surface area contributed by atoms with Crippen LogP contribution in [0.5, 0.6) is 0 Å². The van der Waals surface area contributed by atoms with E-state index < -0.39 is 6.04 Å². The fraction of sp³-hybridized carbons (Fsp3) is 0.536. The Kier molecular flexibility index (Phi) is 8.34. The fourth-order valence-corrected chi connectivity index (χ4v) is 5.56. The molecule has 10 nitrogen and oxygen atoms in total. The van der Waals surface area contributed by atoms with Crippen LogP contribution in [0.4, 0.5) is 4.79 Å². The minimum atomic E-state index is -0.739. The molecule has 3 heterocycles. The summed E-state index contributed by atoms with van der Waals surface area (Å²) in [5, 5.41) is 18.0. The van der Waals surface area contributed by atoms with Gasteiger partial charge in [-0.2, -0.15) is 10.2 Å². The van der Waals surface area contributed by atoms with E-state index in [1.165, 1.54) is 0 Å². The van der Waals surface area contributed by atoms with Gasteiger partial charge in [-0.1, -0.05) is 39.3 Å². The molecule has 39 heavy (non-hydrogen) atoms. The van der Waals surface area contributed by atoms with E-state index in [-0.39, 0.29) is 28.8 Å². The third-order valence-corrected chi connectivity index (χ3v) is 7.59. The molecule has 2 atom stereocenters. The lowest BCUT2D eigenvalue weighted by molar-refractivity contribution is -0.134. The summed E-state index contributed by atoms with van der Waals surface area (Å²) in [7, 11) is 1.71. The zero-order valence-corrected chi connectivity index (χ0v) is 24.3. The molecule has 0 saturated heterocycles. The van der Waals surface area contributed by atoms with Gasteiger partial charge < -0.3 is 15.1 Å². The van der Waals surface area contributed by atoms with Crippen LogP contribution in [0.2, 0.25) is 5.02 Å². The van der Waals surface area contributed by atoms with Crippen molar-refractivity contribution in [3.8, 4) is 0 Å². The van der Waals surface area contributed by atoms with Gasteiger partial charge in [0.25, 0.3) is 5.56 Å². The average molecular weight is 556 g/mol. The van der Waals surface area contributed by atoms with E-state index >= 15 is 0 Å². The van der Waals surface area contributed by atoms with Crippen LogP contribution >= 0.6 is 11.6 Å². The van der Waals surface area contributed by atoms with E-state index in [2.05, 4.69) is 46.5 Å². The number of urea groups is 1. The molecule has 11 heteroatoms. The molecular weight excluding hydrogens is 518 g/mol. The summed E-state index contributed by atoms with van der Waals surface area (Å²) < 4.78 is 0. The Morgan fingerprint density at radius 3 is 2.72 bits per heavy atom. The fourth-order valence-electron chi connectivity index (χ4n) is 5.29. The number of nitrogens with zero attached hydrogens (tertiary/aromatic N) is 4. The van der Waals surface area contributed by atoms with Crippen LogP contribution in [-0.2, 0) is 17.8 Å². The molecule has 1 aliphatic rings. The molecule has 210 valence electrons. The number of aryl methyl sites for hydroxylation is 1. The molecule has 0 saturated carbocycles. The summed E-state index contributed by atoms with van der Waals surface area (Å²) in [4.78, 5) is 42.8. The predicted molar refractivity (Wildman–Crippen MR) is 152 cm³/mol. The number of amides is 3. The SMILES string of the molecule is CCC(CCN(C)C(=O)N[C@@H]1Cc2cc(Cl)c3[nH]ncc3c2CN(CC(C)(C)C)C1=O)c1cc(C)n[nH]c1=O. The maximum absolute atomic E-state index is 13.8. The maximum atomic E-state index is 13.8. The third kappa shape index (κ3) is 6.43. The number of hydrogen-bond donors (Lipinski definition) is 3. The number of hydrogen-bond acceptors (Lipinski definition) is 5. The van der Waals surface area contributed by atoms with Crippen molar-refractivity contribution in [2.75, 3.05) is 20.1 Å². The Morgan fingerprint density at radius 1 is 1.28 bits per heavy atom. The summed E-state index contributed by atoms with van der Waals surface area (Å²) in [6.07, 6.45) is 3.44. The Balaban J connectivity index is 1.53. The first kappa shape index (κ1) is 28.6. The number of rotatable bonds is 7. The van der Waals surface area contributed by atoms with Crippen LogP contribution < -0.4 is 10.9 Å². The van der Waals surface area contributed by atoms with E-state index in [9.17, 15) is 14.4 Å². The topological polar surface area (TPSA) is 127 Å². The number of nitrogens with one attached hydrogen (secondary N) is 3. The van der Waals surface area contributed by atoms with E-state index in [0.29, 0.717) is 43.1 Å². The number of carbonyl (C=O) groups excluding carboxylic acids is 2. The molecule has 3 N–H and O–H groups in total. The lowest BCUT2D eigenvalue weighted by Crippen LogP contribution is -2.52. The van der Waals surface area contributed by atoms with Crippen molar-refractivity contribution < 1.29 is 9.59 Å². The van der Waals surface area contributed by atoms with Crippen molar-refractivity contribution in [1.82, 2.24) is 35.5 Å². The van der Waals surface area contributed by atoms with Crippen LogP contribution in [0.15, 0.2) is 23.1 Å². The monoisotopic (exact) mass is 555 g/mol. The number of halogens is 1. The molecule has 1 aromatic carbocycles. The summed E-state index contributed by atoms with van der Waals surface area (Å²) >= 11 is 6.53. The Bertz CT molecular complexity index is 1420. The molecule has 0 bridgehead atoms. The second-order valence-electron chi connectivity index (χ2n) is 11.7. The van der Waals surface area contributed by atoms with E-state index in [4.69, 9.17) is 11.6 Å². The minimum Gasteiger partial charge on any atom is -0.336 e. The average Bonchev–Trinajstić information content (AvgIpc) is 3.32. The van der Waals surface area contributed by atoms with Crippen molar-refractivity contribution in [3.63, 3.8) is 0 Å². The summed E-state index contributed by atoms with van der Waals surface area (Å²) in [5.41, 5.74) is 3.75. The highest BCUT2D eigenvalue weighted by Crippen LogP contribution is 2.33. The van der Waals surface area contributed by atoms with Crippen molar-refractivity contribution in [2.24, 2.45) is 5.41 Å². The Morgan fingerprint density at radius 2 is 2.03 bits per heavy atom. The van der Waals surface area contributed by atoms with Crippen LogP contribution in [0.3, 0.4) is 0 Å². The van der Waals surface area contributed by atoms with E-state index in [1.54, 1.807) is 24.2 Å². The first-order chi connectivity index (χ1) is 18.4. The molecule has 1 unspecified atom stereocenters. The van der Waals surface area contributed by atoms with Gasteiger partial charge in [0.15, 0.2) is 0 Å². The van der Waals surface area contributed by atoms with Gasteiger partial charge in [-0.3, -0.25) is 14.7 Å². The highest BCUT2D eigenvalue weighted by molar-refractivity contribution is 6.35. The van der Waals surface area contributed by atoms with Gasteiger partial charge in [0.2, 0.25) is 5.91 Å². The van der Waals surface area contributed by atoms with Crippen molar-refractivity contribution in [2.45, 2.75) is 72.4 Å². The Labute approximate surface area is 233 Å². The number of aromatic nitrogens is 4. The Hall–Kier alpha value is -3.40. The maximum Gasteiger partial charge on any atom is 0.317 e. The molecule has 3 amide bonds. The molecule has 1 aliphatic heterocycles. The minimum absolute atomic E-state index is 0.0149. The third-order valence-electron chi connectivity index (χ3n) is 7.29. The first-order valence-corrected chi connectivity index (χ1v) is 13.8. The lowest BCUT2D eigenvalue weighted by atomic mass is 9.94. The summed E-state index contributed by atoms with van der Waals surface area (Å²) in [6.45, 7) is 11.5. The lowest BCUT2D eigenvalue weighted by Gasteiger charge is -2.32. The van der Waals surface area contributed by atoms with Crippen LogP contribution in [-0.4, -0.2) is 68.3 Å². The molecule has 0 spiro atoms. The number of benzene rings is 1. The summed E-state index contributed by atoms with van der Waals surface area (Å²) in [6, 6.07) is 2.60. The molecular formula is C28H38ClN7O3. The van der Waals surface area contributed by atoms with Gasteiger partial charge in [-0.05, 0) is 54.4 Å². The van der Waals surface area contributed by atoms with Crippen molar-refractivity contribution >= 4 is 34.4 Å². The molecule has 4 rings (SSSR count). The van der Waals surface area contributed by atoms with Gasteiger partial charge >= 0.3 is 6.03 Å². The zero-order valence-electron chi connectivity index (χ0n) is 23.5. The second kappa shape index (κ2) is 11.4. The number of H-pyrrole nitrogens is 2. The van der Waals surface area contributed by atoms with Gasteiger partial charge in [0, 0.05) is 44.1 Å². The predicted octanol–water partition coefficient (Wildman–Crippen LogP) is 4.13. The number of carbonyl (C=O) groups is 2. The highest BCUT2D eigenvalue weighted by Gasteiger charge is 2.34. The molecule has 0 radical (unpaired) electrons. The summed E-state index contributed by atoms with van der Waals surface area (Å²) in [5.74, 6) is -0.139. The van der Waals surface area contributed by atoms with Crippen molar-refractivity contribution in [3.05, 3.63) is 56.1 Å². The first-order valence-electron chi connectivity index (χ1n) is 13.4. The van der Waals surface area contributed by atoms with Gasteiger partial charge in [-0.15, -0.1) is 0 Å². The standard InChI is InChI=1S/C28H38ClN7O3/c1-7-17(19-10-16(2)32-34-25(19)37)8-9-35(6)27(39)31-23-12-18-11-22(29)24-20(13-30-33-24)21(18)14-36(26(23)38)15-28(3,4)5/h10-11,13,17,23H,7-9,12,14-15H2,1-6H3,(H,30,33)(H,31,39)(H,34,37)/t17?,23-/m1/s1. The second-order valence-corrected chi connectivity index (χ2v) is 12.1. The molecule has 2 aromatic heterocycles. The quantitative estimate of drug-likeness (QED) is 0.404. The molecule has 3 aromatic rings. The molecule has 0 fully saturated rings. The number of aromatic amines is 2.